The van der Waals surface area contributed by atoms with Crippen LogP contribution in [-0.2, 0) is 16.9 Å². The summed E-state index contributed by atoms with van der Waals surface area (Å²) in [4.78, 5) is 0. The second kappa shape index (κ2) is 6.34. The minimum absolute atomic E-state index is 0.365. The van der Waals surface area contributed by atoms with Crippen LogP contribution in [0.25, 0.3) is 6.08 Å². The monoisotopic (exact) mass is 300 g/mol. The molecule has 0 amide bonds. The fraction of sp³-hybridized carbons (Fsp3) is 0.0769. The fourth-order valence-electron chi connectivity index (χ4n) is 1.36. The predicted molar refractivity (Wildman–Crippen MR) is 76.1 cm³/mol. The Morgan fingerprint density at radius 1 is 1.28 bits per heavy atom. The molecule has 0 aliphatic heterocycles. The minimum atomic E-state index is -1.12. The van der Waals surface area contributed by atoms with Crippen molar-refractivity contribution in [2.45, 2.75) is 5.75 Å². The van der Waals surface area contributed by atoms with Gasteiger partial charge in [-0.3, -0.25) is 0 Å². The summed E-state index contributed by atoms with van der Waals surface area (Å²) in [6.45, 7) is 0. The Morgan fingerprint density at radius 3 is 2.78 bits per heavy atom. The van der Waals surface area contributed by atoms with E-state index in [0.29, 0.717) is 15.8 Å². The highest BCUT2D eigenvalue weighted by atomic mass is 35.5. The van der Waals surface area contributed by atoms with Crippen molar-refractivity contribution in [3.05, 3.63) is 63.4 Å². The van der Waals surface area contributed by atoms with Crippen LogP contribution in [0.2, 0.25) is 10.0 Å². The Kier molecular flexibility index (Phi) is 4.78. The largest absolute Gasteiger partial charge is 0.612 e. The molecule has 1 aromatic heterocycles. The number of rotatable bonds is 4. The van der Waals surface area contributed by atoms with Crippen molar-refractivity contribution in [1.82, 2.24) is 0 Å². The first-order valence-electron chi connectivity index (χ1n) is 5.16. The lowest BCUT2D eigenvalue weighted by atomic mass is 10.2. The zero-order valence-electron chi connectivity index (χ0n) is 9.31. The second-order valence-electron chi connectivity index (χ2n) is 3.62. The van der Waals surface area contributed by atoms with Crippen LogP contribution < -0.4 is 0 Å². The van der Waals surface area contributed by atoms with Crippen molar-refractivity contribution in [3.8, 4) is 0 Å². The molecule has 0 bridgehead atoms. The number of benzene rings is 1. The van der Waals surface area contributed by atoms with Crippen LogP contribution in [-0.4, -0.2) is 4.55 Å². The van der Waals surface area contributed by atoms with E-state index in [0.717, 1.165) is 11.1 Å². The Hall–Kier alpha value is -0.870. The zero-order valence-corrected chi connectivity index (χ0v) is 11.6. The Balaban J connectivity index is 2.00. The molecular formula is C13H10Cl2O2S. The number of hydrogen-bond donors (Lipinski definition) is 0. The molecule has 1 atom stereocenters. The van der Waals surface area contributed by atoms with Gasteiger partial charge in [-0.25, -0.2) is 0 Å². The fourth-order valence-corrected chi connectivity index (χ4v) is 2.88. The summed E-state index contributed by atoms with van der Waals surface area (Å²) < 4.78 is 16.8. The first-order chi connectivity index (χ1) is 8.65. The number of halogens is 2. The molecule has 5 heteroatoms. The topological polar surface area (TPSA) is 36.2 Å². The third-order valence-corrected chi connectivity index (χ3v) is 3.89. The summed E-state index contributed by atoms with van der Waals surface area (Å²) >= 11 is 10.7. The van der Waals surface area contributed by atoms with E-state index in [4.69, 9.17) is 27.6 Å². The van der Waals surface area contributed by atoms with Crippen molar-refractivity contribution in [2.75, 3.05) is 0 Å². The maximum absolute atomic E-state index is 11.8. The molecule has 0 spiro atoms. The van der Waals surface area contributed by atoms with Gasteiger partial charge < -0.3 is 8.97 Å². The lowest BCUT2D eigenvalue weighted by Gasteiger charge is -2.07. The first-order valence-corrected chi connectivity index (χ1v) is 7.30. The predicted octanol–water partition coefficient (Wildman–Crippen LogP) is 4.51. The number of hydrogen-bond acceptors (Lipinski definition) is 2. The van der Waals surface area contributed by atoms with Crippen LogP contribution in [0.1, 0.15) is 11.1 Å². The summed E-state index contributed by atoms with van der Waals surface area (Å²) in [5, 5.41) is 2.73. The molecule has 94 valence electrons. The van der Waals surface area contributed by atoms with Gasteiger partial charge in [0.1, 0.15) is 11.2 Å². The third-order valence-electron chi connectivity index (χ3n) is 2.27. The van der Waals surface area contributed by atoms with E-state index in [-0.39, 0.29) is 0 Å². The Bertz CT molecular complexity index is 538. The van der Waals surface area contributed by atoms with Crippen molar-refractivity contribution >= 4 is 40.5 Å². The van der Waals surface area contributed by atoms with E-state index < -0.39 is 11.2 Å². The lowest BCUT2D eigenvalue weighted by Crippen LogP contribution is -2.00. The molecule has 18 heavy (non-hydrogen) atoms. The zero-order chi connectivity index (χ0) is 13.0. The summed E-state index contributed by atoms with van der Waals surface area (Å²) in [5.41, 5.74) is 1.70. The molecule has 0 N–H and O–H groups in total. The van der Waals surface area contributed by atoms with Crippen LogP contribution in [0, 0.1) is 0 Å². The van der Waals surface area contributed by atoms with Crippen molar-refractivity contribution in [3.63, 3.8) is 0 Å². The molecule has 0 fully saturated rings. The van der Waals surface area contributed by atoms with E-state index in [1.807, 2.05) is 0 Å². The molecule has 2 rings (SSSR count). The van der Waals surface area contributed by atoms with Crippen LogP contribution in [0.4, 0.5) is 0 Å². The van der Waals surface area contributed by atoms with Crippen molar-refractivity contribution in [1.29, 1.82) is 0 Å². The van der Waals surface area contributed by atoms with Gasteiger partial charge in [-0.1, -0.05) is 29.3 Å². The molecule has 1 unspecified atom stereocenters. The first kappa shape index (κ1) is 13.6. The highest BCUT2D eigenvalue weighted by Crippen LogP contribution is 2.23. The van der Waals surface area contributed by atoms with E-state index in [1.165, 1.54) is 0 Å². The van der Waals surface area contributed by atoms with E-state index in [9.17, 15) is 4.55 Å². The number of furan rings is 1. The standard InChI is InChI=1S/C13H10Cl2O2S/c14-12-2-1-11(13(15)7-12)9-18(16)6-4-10-3-5-17-8-10/h1-8H,9H2/b6-4+. The van der Waals surface area contributed by atoms with Gasteiger partial charge in [-0.15, -0.1) is 0 Å². The van der Waals surface area contributed by atoms with Crippen molar-refractivity contribution in [2.24, 2.45) is 0 Å². The van der Waals surface area contributed by atoms with Gasteiger partial charge in [0.2, 0.25) is 0 Å². The molecule has 1 heterocycles. The molecule has 0 saturated carbocycles. The van der Waals surface area contributed by atoms with Gasteiger partial charge in [0.25, 0.3) is 0 Å². The quantitative estimate of drug-likeness (QED) is 0.779. The van der Waals surface area contributed by atoms with Crippen LogP contribution in [0.15, 0.2) is 46.6 Å². The van der Waals surface area contributed by atoms with Crippen molar-refractivity contribution < 1.29 is 8.97 Å². The highest BCUT2D eigenvalue weighted by molar-refractivity contribution is 7.93. The second-order valence-corrected chi connectivity index (χ2v) is 5.79. The van der Waals surface area contributed by atoms with Gasteiger partial charge in [0.15, 0.2) is 0 Å². The van der Waals surface area contributed by atoms with Crippen LogP contribution >= 0.6 is 23.2 Å². The van der Waals surface area contributed by atoms with Gasteiger partial charge in [0, 0.05) is 21.2 Å². The molecule has 0 aliphatic carbocycles. The minimum Gasteiger partial charge on any atom is -0.612 e. The van der Waals surface area contributed by atoms with E-state index in [2.05, 4.69) is 0 Å². The average Bonchev–Trinajstić information content (AvgIpc) is 2.83. The van der Waals surface area contributed by atoms with Gasteiger partial charge in [-0.05, 0) is 35.5 Å². The SMILES string of the molecule is [O-][S+](/C=C/c1ccoc1)Cc1ccc(Cl)cc1Cl. The smallest absolute Gasteiger partial charge is 0.137 e. The molecule has 2 aromatic rings. The summed E-state index contributed by atoms with van der Waals surface area (Å²) in [5.74, 6) is 0.365. The molecule has 0 radical (unpaired) electrons. The van der Waals surface area contributed by atoms with E-state index in [1.54, 1.807) is 48.3 Å². The van der Waals surface area contributed by atoms with Crippen LogP contribution in [0.3, 0.4) is 0 Å². The lowest BCUT2D eigenvalue weighted by molar-refractivity contribution is 0.567. The average molecular weight is 301 g/mol. The summed E-state index contributed by atoms with van der Waals surface area (Å²) in [7, 11) is 0. The maximum Gasteiger partial charge on any atom is 0.137 e. The summed E-state index contributed by atoms with van der Waals surface area (Å²) in [6, 6.07) is 6.96. The Morgan fingerprint density at radius 2 is 2.11 bits per heavy atom. The Labute approximate surface area is 118 Å². The molecule has 0 aliphatic rings. The summed E-state index contributed by atoms with van der Waals surface area (Å²) in [6.07, 6.45) is 4.91. The van der Waals surface area contributed by atoms with Gasteiger partial charge in [0.05, 0.1) is 12.5 Å². The third kappa shape index (κ3) is 3.82. The molecule has 1 aromatic carbocycles. The molecule has 0 saturated heterocycles. The van der Waals surface area contributed by atoms with Crippen LogP contribution in [0.5, 0.6) is 0 Å². The molecular weight excluding hydrogens is 291 g/mol. The van der Waals surface area contributed by atoms with Gasteiger partial charge in [-0.2, -0.15) is 0 Å². The highest BCUT2D eigenvalue weighted by Gasteiger charge is 2.08. The maximum atomic E-state index is 11.8. The molecule has 2 nitrogen and oxygen atoms in total. The van der Waals surface area contributed by atoms with E-state index >= 15 is 0 Å². The normalized spacial score (nSPS) is 13.1. The van der Waals surface area contributed by atoms with Gasteiger partial charge >= 0.3 is 0 Å².